The average molecular weight is 478 g/mol. The molecule has 0 aliphatic rings. The highest BCUT2D eigenvalue weighted by Gasteiger charge is 2.24. The molecule has 0 bridgehead atoms. The van der Waals surface area contributed by atoms with E-state index in [2.05, 4.69) is 15.6 Å². The predicted octanol–water partition coefficient (Wildman–Crippen LogP) is 3.74. The number of carbonyl (C=O) groups is 3. The van der Waals surface area contributed by atoms with Crippen molar-refractivity contribution in [2.45, 2.75) is 43.3 Å². The Morgan fingerprint density at radius 2 is 1.38 bits per heavy atom. The summed E-state index contributed by atoms with van der Waals surface area (Å²) in [6.45, 7) is 4.01. The molecule has 176 valence electrons. The summed E-state index contributed by atoms with van der Waals surface area (Å²) in [6.07, 6.45) is 0.560. The molecular weight excluding hydrogens is 450 g/mol. The van der Waals surface area contributed by atoms with Crippen molar-refractivity contribution in [2.75, 3.05) is 0 Å². The molecule has 8 heteroatoms. The number of pyridine rings is 1. The van der Waals surface area contributed by atoms with Gasteiger partial charge in [-0.2, -0.15) is 0 Å². The normalized spacial score (nSPS) is 12.3. The molecule has 2 atom stereocenters. The van der Waals surface area contributed by atoms with Crippen LogP contribution in [0.1, 0.15) is 35.3 Å². The van der Waals surface area contributed by atoms with Gasteiger partial charge in [-0.15, -0.1) is 0 Å². The molecule has 1 heterocycles. The van der Waals surface area contributed by atoms with Crippen molar-refractivity contribution in [3.8, 4) is 0 Å². The number of ether oxygens (including phenoxy) is 1. The molecule has 0 radical (unpaired) electrons. The molecule has 0 saturated carbocycles. The summed E-state index contributed by atoms with van der Waals surface area (Å²) >= 11 is 1.16. The van der Waals surface area contributed by atoms with Crippen molar-refractivity contribution < 1.29 is 19.1 Å². The van der Waals surface area contributed by atoms with Gasteiger partial charge < -0.3 is 15.4 Å². The second kappa shape index (κ2) is 12.6. The van der Waals surface area contributed by atoms with Crippen LogP contribution in [0.15, 0.2) is 84.0 Å². The first kappa shape index (κ1) is 25.0. The van der Waals surface area contributed by atoms with Crippen LogP contribution in [0.2, 0.25) is 0 Å². The lowest BCUT2D eigenvalue weighted by Crippen LogP contribution is -2.35. The lowest BCUT2D eigenvalue weighted by Gasteiger charge is -2.16. The van der Waals surface area contributed by atoms with Crippen molar-refractivity contribution in [3.63, 3.8) is 0 Å². The number of nitrogens with one attached hydrogen (secondary N) is 2. The number of thioether (sulfide) groups is 1. The van der Waals surface area contributed by atoms with Crippen molar-refractivity contribution in [3.05, 3.63) is 95.7 Å². The van der Waals surface area contributed by atoms with E-state index in [0.717, 1.165) is 22.9 Å². The van der Waals surface area contributed by atoms with E-state index in [1.807, 2.05) is 60.7 Å². The first-order chi connectivity index (χ1) is 16.4. The number of hydrogen-bond donors (Lipinski definition) is 2. The lowest BCUT2D eigenvalue weighted by molar-refractivity contribution is -0.129. The van der Waals surface area contributed by atoms with Crippen LogP contribution in [0.3, 0.4) is 0 Å². The molecule has 0 saturated heterocycles. The number of nitrogens with zero attached hydrogens (tertiary/aromatic N) is 1. The first-order valence-electron chi connectivity index (χ1n) is 10.9. The summed E-state index contributed by atoms with van der Waals surface area (Å²) in [7, 11) is 0. The summed E-state index contributed by atoms with van der Waals surface area (Å²) in [5.74, 6) is -1.24. The van der Waals surface area contributed by atoms with Crippen molar-refractivity contribution in [1.82, 2.24) is 15.6 Å². The van der Waals surface area contributed by atoms with Crippen molar-refractivity contribution in [2.24, 2.45) is 0 Å². The number of amides is 2. The van der Waals surface area contributed by atoms with Gasteiger partial charge in [-0.3, -0.25) is 9.59 Å². The Balaban J connectivity index is 1.55. The summed E-state index contributed by atoms with van der Waals surface area (Å²) < 4.78 is 5.37. The van der Waals surface area contributed by atoms with Gasteiger partial charge in [0.1, 0.15) is 5.03 Å². The smallest absolute Gasteiger partial charge is 0.341 e. The van der Waals surface area contributed by atoms with E-state index < -0.39 is 23.2 Å². The van der Waals surface area contributed by atoms with E-state index in [1.54, 1.807) is 25.3 Å². The number of aromatic nitrogens is 1. The Labute approximate surface area is 203 Å². The summed E-state index contributed by atoms with van der Waals surface area (Å²) in [5, 5.41) is 5.52. The minimum atomic E-state index is -0.985. The van der Waals surface area contributed by atoms with Crippen LogP contribution in [-0.2, 0) is 27.4 Å². The Morgan fingerprint density at radius 3 is 1.97 bits per heavy atom. The number of carbonyl (C=O) groups excluding carboxylic acids is 3. The molecule has 2 aromatic carbocycles. The maximum atomic E-state index is 12.8. The minimum Gasteiger partial charge on any atom is -0.449 e. The van der Waals surface area contributed by atoms with Gasteiger partial charge >= 0.3 is 5.97 Å². The standard InChI is InChI=1S/C26H27N3O4S/c1-18(23(30)28-16-20-10-5-3-6-11-20)33-26(32)22-14-9-15-27-25(22)34-19(2)24(31)29-17-21-12-7-4-8-13-21/h3-15,18-19H,16-17H2,1-2H3,(H,28,30)(H,29,31)/t18-,19-/m0/s1. The summed E-state index contributed by atoms with van der Waals surface area (Å²) in [5.41, 5.74) is 2.15. The fraction of sp³-hybridized carbons (Fsp3) is 0.231. The number of esters is 1. The summed E-state index contributed by atoms with van der Waals surface area (Å²) in [6, 6.07) is 22.2. The fourth-order valence-electron chi connectivity index (χ4n) is 3.00. The zero-order valence-electron chi connectivity index (χ0n) is 19.1. The van der Waals surface area contributed by atoms with Crippen molar-refractivity contribution in [1.29, 1.82) is 0 Å². The molecular formula is C26H27N3O4S. The fourth-order valence-corrected chi connectivity index (χ4v) is 3.92. The highest BCUT2D eigenvalue weighted by atomic mass is 32.2. The largest absolute Gasteiger partial charge is 0.449 e. The molecule has 2 amide bonds. The van der Waals surface area contributed by atoms with E-state index >= 15 is 0 Å². The van der Waals surface area contributed by atoms with E-state index in [9.17, 15) is 14.4 Å². The molecule has 1 aromatic heterocycles. The van der Waals surface area contributed by atoms with Crippen LogP contribution in [0.4, 0.5) is 0 Å². The topological polar surface area (TPSA) is 97.4 Å². The second-order valence-corrected chi connectivity index (χ2v) is 8.90. The number of rotatable bonds is 10. The van der Waals surface area contributed by atoms with Gasteiger partial charge in [-0.25, -0.2) is 9.78 Å². The molecule has 34 heavy (non-hydrogen) atoms. The third kappa shape index (κ3) is 7.45. The zero-order chi connectivity index (χ0) is 24.3. The number of hydrogen-bond acceptors (Lipinski definition) is 6. The van der Waals surface area contributed by atoms with E-state index in [-0.39, 0.29) is 11.5 Å². The Morgan fingerprint density at radius 1 is 0.824 bits per heavy atom. The second-order valence-electron chi connectivity index (χ2n) is 7.57. The van der Waals surface area contributed by atoms with Crippen LogP contribution in [0, 0.1) is 0 Å². The first-order valence-corrected chi connectivity index (χ1v) is 11.8. The molecule has 3 rings (SSSR count). The van der Waals surface area contributed by atoms with Crippen LogP contribution < -0.4 is 10.6 Å². The van der Waals surface area contributed by atoms with Gasteiger partial charge in [0.25, 0.3) is 5.91 Å². The monoisotopic (exact) mass is 477 g/mol. The Kier molecular flexibility index (Phi) is 9.22. The minimum absolute atomic E-state index is 0.174. The molecule has 0 fully saturated rings. The highest BCUT2D eigenvalue weighted by Crippen LogP contribution is 2.25. The van der Waals surface area contributed by atoms with E-state index in [4.69, 9.17) is 4.74 Å². The number of benzene rings is 2. The molecule has 2 N–H and O–H groups in total. The van der Waals surface area contributed by atoms with Crippen LogP contribution >= 0.6 is 11.8 Å². The maximum absolute atomic E-state index is 12.8. The van der Waals surface area contributed by atoms with Gasteiger partial charge in [-0.05, 0) is 37.1 Å². The molecule has 0 unspecified atom stereocenters. The van der Waals surface area contributed by atoms with Gasteiger partial charge in [-0.1, -0.05) is 72.4 Å². The maximum Gasteiger partial charge on any atom is 0.341 e. The van der Waals surface area contributed by atoms with Crippen molar-refractivity contribution >= 4 is 29.5 Å². The summed E-state index contributed by atoms with van der Waals surface area (Å²) in [4.78, 5) is 41.9. The van der Waals surface area contributed by atoms with Gasteiger partial charge in [0.05, 0.1) is 10.8 Å². The lowest BCUT2D eigenvalue weighted by atomic mass is 10.2. The molecule has 7 nitrogen and oxygen atoms in total. The Hall–Kier alpha value is -3.65. The van der Waals surface area contributed by atoms with Gasteiger partial charge in [0, 0.05) is 19.3 Å². The molecule has 0 aliphatic carbocycles. The SMILES string of the molecule is C[C@H](OC(=O)c1cccnc1S[C@@H](C)C(=O)NCc1ccccc1)C(=O)NCc1ccccc1. The predicted molar refractivity (Wildman–Crippen MR) is 131 cm³/mol. The van der Waals surface area contributed by atoms with E-state index in [1.165, 1.54) is 6.92 Å². The highest BCUT2D eigenvalue weighted by molar-refractivity contribution is 8.00. The average Bonchev–Trinajstić information content (AvgIpc) is 2.87. The van der Waals surface area contributed by atoms with Crippen LogP contribution in [0.25, 0.3) is 0 Å². The van der Waals surface area contributed by atoms with Gasteiger partial charge in [0.2, 0.25) is 5.91 Å². The third-order valence-corrected chi connectivity index (χ3v) is 6.04. The van der Waals surface area contributed by atoms with Crippen LogP contribution in [-0.4, -0.2) is 34.1 Å². The quantitative estimate of drug-likeness (QED) is 0.341. The third-order valence-electron chi connectivity index (χ3n) is 4.92. The zero-order valence-corrected chi connectivity index (χ0v) is 19.9. The molecule has 3 aromatic rings. The molecule has 0 aliphatic heterocycles. The van der Waals surface area contributed by atoms with E-state index in [0.29, 0.717) is 18.1 Å². The van der Waals surface area contributed by atoms with Crippen LogP contribution in [0.5, 0.6) is 0 Å². The Bertz CT molecular complexity index is 1110. The van der Waals surface area contributed by atoms with Gasteiger partial charge in [0.15, 0.2) is 6.10 Å². The molecule has 0 spiro atoms.